The van der Waals surface area contributed by atoms with Crippen LogP contribution >= 0.6 is 22.7 Å². The number of hydrogen-bond donors (Lipinski definition) is 3. The van der Waals surface area contributed by atoms with Gasteiger partial charge in [0.1, 0.15) is 24.3 Å². The van der Waals surface area contributed by atoms with Crippen molar-refractivity contribution in [3.63, 3.8) is 0 Å². The molecule has 4 nitrogen and oxygen atoms in total. The fourth-order valence-electron chi connectivity index (χ4n) is 3.88. The molecule has 0 aliphatic carbocycles. The normalized spacial score (nSPS) is 21.5. The molecule has 1 unspecified atom stereocenters. The number of rotatable bonds is 3. The third kappa shape index (κ3) is 2.84. The zero-order valence-electron chi connectivity index (χ0n) is 14.2. The first-order valence-corrected chi connectivity index (χ1v) is 10.6. The molecule has 0 radical (unpaired) electrons. The Morgan fingerprint density at radius 3 is 2.81 bits per heavy atom. The number of quaternary nitrogens is 1. The molecule has 2 aliphatic heterocycles. The summed E-state index contributed by atoms with van der Waals surface area (Å²) in [5, 5.41) is 9.75. The highest BCUT2D eigenvalue weighted by Crippen LogP contribution is 2.39. The second-order valence-corrected chi connectivity index (χ2v) is 8.95. The van der Waals surface area contributed by atoms with Gasteiger partial charge in [-0.25, -0.2) is 0 Å². The highest BCUT2D eigenvalue weighted by molar-refractivity contribution is 7.16. The Balaban J connectivity index is 1.39. The van der Waals surface area contributed by atoms with Crippen LogP contribution in [0.2, 0.25) is 0 Å². The molecular weight excluding hydrogens is 362 g/mol. The molecule has 0 saturated carbocycles. The van der Waals surface area contributed by atoms with E-state index in [1.165, 1.54) is 16.0 Å². The van der Waals surface area contributed by atoms with E-state index in [4.69, 9.17) is 0 Å². The van der Waals surface area contributed by atoms with Gasteiger partial charge in [-0.1, -0.05) is 36.4 Å². The molecule has 2 atom stereocenters. The SMILES string of the molecule is O=C1N[C@H](c2cccs2)Nc2sc3c(c21)CC[NH+](Cc1ccccc1)C3. The van der Waals surface area contributed by atoms with Crippen LogP contribution in [0.1, 0.15) is 37.4 Å². The quantitative estimate of drug-likeness (QED) is 0.652. The molecule has 2 aliphatic rings. The summed E-state index contributed by atoms with van der Waals surface area (Å²) in [6.07, 6.45) is 0.866. The van der Waals surface area contributed by atoms with Crippen molar-refractivity contribution in [1.82, 2.24) is 5.32 Å². The molecule has 2 aromatic heterocycles. The van der Waals surface area contributed by atoms with Gasteiger partial charge in [0.25, 0.3) is 5.91 Å². The molecular formula is C20H20N3OS2+. The molecule has 1 aromatic carbocycles. The Hall–Kier alpha value is -2.15. The van der Waals surface area contributed by atoms with Crippen molar-refractivity contribution in [3.05, 3.63) is 74.3 Å². The minimum Gasteiger partial charge on any atom is -0.352 e. The van der Waals surface area contributed by atoms with Crippen LogP contribution in [0.3, 0.4) is 0 Å². The predicted molar refractivity (Wildman–Crippen MR) is 106 cm³/mol. The second-order valence-electron chi connectivity index (χ2n) is 6.86. The molecule has 4 heterocycles. The number of anilines is 1. The molecule has 3 N–H and O–H groups in total. The summed E-state index contributed by atoms with van der Waals surface area (Å²) >= 11 is 3.43. The topological polar surface area (TPSA) is 45.6 Å². The van der Waals surface area contributed by atoms with Crippen LogP contribution in [0.25, 0.3) is 0 Å². The molecule has 1 amide bonds. The average molecular weight is 383 g/mol. The zero-order valence-corrected chi connectivity index (χ0v) is 15.9. The Morgan fingerprint density at radius 1 is 1.12 bits per heavy atom. The lowest BCUT2D eigenvalue weighted by atomic mass is 10.0. The minimum atomic E-state index is -0.108. The lowest BCUT2D eigenvalue weighted by Crippen LogP contribution is -3.10. The van der Waals surface area contributed by atoms with E-state index in [1.807, 2.05) is 11.4 Å². The van der Waals surface area contributed by atoms with Crippen molar-refractivity contribution in [2.45, 2.75) is 25.7 Å². The van der Waals surface area contributed by atoms with Gasteiger partial charge in [-0.2, -0.15) is 0 Å². The van der Waals surface area contributed by atoms with Crippen LogP contribution in [0.4, 0.5) is 5.00 Å². The van der Waals surface area contributed by atoms with Gasteiger partial charge in [0, 0.05) is 16.9 Å². The largest absolute Gasteiger partial charge is 0.352 e. The fraction of sp³-hybridized carbons (Fsp3) is 0.250. The van der Waals surface area contributed by atoms with Crippen LogP contribution in [0.5, 0.6) is 0 Å². The van der Waals surface area contributed by atoms with E-state index in [9.17, 15) is 4.79 Å². The number of benzene rings is 1. The first kappa shape index (κ1) is 16.1. The summed E-state index contributed by atoms with van der Waals surface area (Å²) in [5.74, 6) is 0.0705. The van der Waals surface area contributed by atoms with Crippen LogP contribution in [-0.2, 0) is 19.5 Å². The number of carbonyl (C=O) groups excluding carboxylic acids is 1. The predicted octanol–water partition coefficient (Wildman–Crippen LogP) is 2.80. The summed E-state index contributed by atoms with van der Waals surface area (Å²) in [6, 6.07) is 14.8. The number of carbonyl (C=O) groups is 1. The van der Waals surface area contributed by atoms with E-state index >= 15 is 0 Å². The molecule has 0 bridgehead atoms. The zero-order chi connectivity index (χ0) is 17.5. The molecule has 3 aromatic rings. The van der Waals surface area contributed by atoms with E-state index in [2.05, 4.69) is 47.0 Å². The van der Waals surface area contributed by atoms with Crippen molar-refractivity contribution in [2.24, 2.45) is 0 Å². The van der Waals surface area contributed by atoms with Gasteiger partial charge in [0.05, 0.1) is 17.0 Å². The number of amides is 1. The first-order chi connectivity index (χ1) is 12.8. The summed E-state index contributed by atoms with van der Waals surface area (Å²) in [7, 11) is 0. The maximum Gasteiger partial charge on any atom is 0.256 e. The number of thiophene rings is 2. The number of fused-ring (bicyclic) bond motifs is 3. The Labute approximate surface area is 160 Å². The van der Waals surface area contributed by atoms with E-state index < -0.39 is 0 Å². The van der Waals surface area contributed by atoms with Crippen molar-refractivity contribution in [3.8, 4) is 0 Å². The third-order valence-electron chi connectivity index (χ3n) is 5.13. The van der Waals surface area contributed by atoms with Crippen LogP contribution in [-0.4, -0.2) is 12.5 Å². The van der Waals surface area contributed by atoms with Gasteiger partial charge in [0.15, 0.2) is 0 Å². The fourth-order valence-corrected chi connectivity index (χ4v) is 5.95. The first-order valence-electron chi connectivity index (χ1n) is 8.91. The minimum absolute atomic E-state index is 0.0705. The Kier molecular flexibility index (Phi) is 4.04. The van der Waals surface area contributed by atoms with E-state index in [0.29, 0.717) is 0 Å². The summed E-state index contributed by atoms with van der Waals surface area (Å²) in [5.41, 5.74) is 3.52. The second kappa shape index (κ2) is 6.54. The number of nitrogens with one attached hydrogen (secondary N) is 3. The summed E-state index contributed by atoms with van der Waals surface area (Å²) in [6.45, 7) is 3.12. The lowest BCUT2D eigenvalue weighted by molar-refractivity contribution is -0.929. The van der Waals surface area contributed by atoms with Crippen molar-refractivity contribution in [2.75, 3.05) is 11.9 Å². The maximum atomic E-state index is 12.8. The highest BCUT2D eigenvalue weighted by Gasteiger charge is 2.34. The van der Waals surface area contributed by atoms with E-state index in [1.54, 1.807) is 27.6 Å². The Bertz CT molecular complexity index is 934. The van der Waals surface area contributed by atoms with Gasteiger partial charge in [-0.05, 0) is 17.0 Å². The van der Waals surface area contributed by atoms with E-state index in [-0.39, 0.29) is 12.1 Å². The van der Waals surface area contributed by atoms with Gasteiger partial charge >= 0.3 is 0 Å². The smallest absolute Gasteiger partial charge is 0.256 e. The molecule has 0 fully saturated rings. The summed E-state index contributed by atoms with van der Waals surface area (Å²) < 4.78 is 0. The molecule has 6 heteroatoms. The molecule has 26 heavy (non-hydrogen) atoms. The third-order valence-corrected chi connectivity index (χ3v) is 7.23. The van der Waals surface area contributed by atoms with Crippen molar-refractivity contribution < 1.29 is 9.69 Å². The van der Waals surface area contributed by atoms with Crippen LogP contribution in [0.15, 0.2) is 47.8 Å². The molecule has 5 rings (SSSR count). The van der Waals surface area contributed by atoms with Crippen molar-refractivity contribution in [1.29, 1.82) is 0 Å². The van der Waals surface area contributed by atoms with Crippen molar-refractivity contribution >= 4 is 33.6 Å². The van der Waals surface area contributed by atoms with Gasteiger partial charge < -0.3 is 15.5 Å². The average Bonchev–Trinajstić information content (AvgIpc) is 3.30. The Morgan fingerprint density at radius 2 is 2.00 bits per heavy atom. The number of hydrogen-bond acceptors (Lipinski definition) is 4. The monoisotopic (exact) mass is 382 g/mol. The van der Waals surface area contributed by atoms with E-state index in [0.717, 1.165) is 41.5 Å². The standard InChI is InChI=1S/C20H19N3OS2/c24-19-17-14-8-9-23(11-13-5-2-1-3-6-13)12-16(14)26-20(17)22-18(21-19)15-7-4-10-25-15/h1-7,10,18,22H,8-9,11-12H2,(H,21,24)/p+1/t18-/m0/s1. The van der Waals surface area contributed by atoms with Crippen LogP contribution in [0, 0.1) is 0 Å². The highest BCUT2D eigenvalue weighted by atomic mass is 32.1. The van der Waals surface area contributed by atoms with Gasteiger partial charge in [-0.15, -0.1) is 22.7 Å². The molecule has 0 saturated heterocycles. The van der Waals surface area contributed by atoms with Gasteiger partial charge in [-0.3, -0.25) is 4.79 Å². The van der Waals surface area contributed by atoms with Gasteiger partial charge in [0.2, 0.25) is 0 Å². The summed E-state index contributed by atoms with van der Waals surface area (Å²) in [4.78, 5) is 16.8. The molecule has 0 spiro atoms. The molecule has 132 valence electrons. The lowest BCUT2D eigenvalue weighted by Gasteiger charge is -2.26. The van der Waals surface area contributed by atoms with Crippen LogP contribution < -0.4 is 15.5 Å². The maximum absolute atomic E-state index is 12.8.